The number of aldehydes is 2. The van der Waals surface area contributed by atoms with Gasteiger partial charge < -0.3 is 19.7 Å². The summed E-state index contributed by atoms with van der Waals surface area (Å²) in [7, 11) is 1.33. The lowest BCUT2D eigenvalue weighted by molar-refractivity contribution is -0.121. The third-order valence-electron chi connectivity index (χ3n) is 6.19. The summed E-state index contributed by atoms with van der Waals surface area (Å²) in [5, 5.41) is 3.42. The zero-order valence-electron chi connectivity index (χ0n) is 20.1. The summed E-state index contributed by atoms with van der Waals surface area (Å²) >= 11 is 0. The number of hydrogen-bond donors (Lipinski definition) is 1. The van der Waals surface area contributed by atoms with Crippen molar-refractivity contribution < 1.29 is 23.9 Å². The van der Waals surface area contributed by atoms with Crippen LogP contribution in [-0.4, -0.2) is 38.1 Å². The molecule has 0 aromatic heterocycles. The minimum Gasteiger partial charge on any atom is -0.465 e. The van der Waals surface area contributed by atoms with Crippen molar-refractivity contribution >= 4 is 47.1 Å². The first-order valence-corrected chi connectivity index (χ1v) is 11.5. The number of ether oxygens (including phenoxy) is 1. The molecule has 0 radical (unpaired) electrons. The second-order valence-electron chi connectivity index (χ2n) is 8.43. The van der Waals surface area contributed by atoms with Gasteiger partial charge in [0.2, 0.25) is 5.91 Å². The lowest BCUT2D eigenvalue weighted by atomic mass is 9.95. The molecule has 1 N–H and O–H groups in total. The van der Waals surface area contributed by atoms with Crippen molar-refractivity contribution in [1.82, 2.24) is 0 Å². The fourth-order valence-corrected chi connectivity index (χ4v) is 4.43. The summed E-state index contributed by atoms with van der Waals surface area (Å²) in [4.78, 5) is 49.1. The molecule has 1 heterocycles. The fourth-order valence-electron chi connectivity index (χ4n) is 4.43. The summed E-state index contributed by atoms with van der Waals surface area (Å²) in [6.45, 7) is 2.37. The Bertz CT molecular complexity index is 1360. The Labute approximate surface area is 209 Å². The molecule has 0 spiro atoms. The monoisotopic (exact) mass is 482 g/mol. The smallest absolute Gasteiger partial charge is 0.337 e. The normalized spacial score (nSPS) is 12.9. The van der Waals surface area contributed by atoms with Crippen molar-refractivity contribution in [3.8, 4) is 0 Å². The lowest BCUT2D eigenvalue weighted by Crippen LogP contribution is -2.28. The quantitative estimate of drug-likeness (QED) is 0.168. The van der Waals surface area contributed by atoms with Crippen LogP contribution in [-0.2, 0) is 25.5 Å². The molecule has 0 unspecified atom stereocenters. The average molecular weight is 483 g/mol. The Kier molecular flexibility index (Phi) is 7.39. The molecule has 7 heteroatoms. The Hall–Kier alpha value is -4.52. The number of aryl methyl sites for hydroxylation is 1. The molecule has 0 saturated heterocycles. The molecule has 3 aromatic carbocycles. The molecule has 4 rings (SSSR count). The number of allylic oxidation sites excluding steroid dienone is 1. The van der Waals surface area contributed by atoms with Gasteiger partial charge in [-0.25, -0.2) is 4.79 Å². The number of carbonyl (C=O) groups excluding carboxylic acids is 4. The molecule has 7 nitrogen and oxygen atoms in total. The number of nitrogens with zero attached hydrogens (tertiary/aromatic N) is 1. The lowest BCUT2D eigenvalue weighted by Gasteiger charge is -2.19. The Morgan fingerprint density at radius 1 is 1.00 bits per heavy atom. The van der Waals surface area contributed by atoms with Gasteiger partial charge in [0, 0.05) is 23.5 Å². The summed E-state index contributed by atoms with van der Waals surface area (Å²) in [6, 6.07) is 20.3. The highest BCUT2D eigenvalue weighted by molar-refractivity contribution is 6.19. The minimum absolute atomic E-state index is 0.142. The van der Waals surface area contributed by atoms with Gasteiger partial charge in [0.15, 0.2) is 6.29 Å². The number of amides is 1. The molecule has 0 fully saturated rings. The van der Waals surface area contributed by atoms with Gasteiger partial charge in [-0.2, -0.15) is 0 Å². The molecule has 0 saturated carbocycles. The van der Waals surface area contributed by atoms with Gasteiger partial charge in [0.1, 0.15) is 6.29 Å². The van der Waals surface area contributed by atoms with E-state index >= 15 is 0 Å². The van der Waals surface area contributed by atoms with E-state index in [0.717, 1.165) is 34.4 Å². The van der Waals surface area contributed by atoms with Crippen molar-refractivity contribution in [2.75, 3.05) is 23.9 Å². The largest absolute Gasteiger partial charge is 0.465 e. The van der Waals surface area contributed by atoms with Gasteiger partial charge in [-0.3, -0.25) is 9.59 Å². The zero-order valence-corrected chi connectivity index (χ0v) is 20.1. The highest BCUT2D eigenvalue weighted by Crippen LogP contribution is 2.34. The number of methoxy groups -OCH3 is 1. The molecule has 0 bridgehead atoms. The van der Waals surface area contributed by atoms with E-state index in [4.69, 9.17) is 4.74 Å². The van der Waals surface area contributed by atoms with E-state index in [9.17, 15) is 19.2 Å². The molecule has 0 atom stereocenters. The second-order valence-corrected chi connectivity index (χ2v) is 8.43. The number of carbonyl (C=O) groups is 4. The van der Waals surface area contributed by atoms with Crippen LogP contribution >= 0.6 is 0 Å². The van der Waals surface area contributed by atoms with Crippen LogP contribution in [0.25, 0.3) is 11.3 Å². The number of esters is 1. The van der Waals surface area contributed by atoms with Crippen LogP contribution < -0.4 is 10.2 Å². The third-order valence-corrected chi connectivity index (χ3v) is 6.19. The summed E-state index contributed by atoms with van der Waals surface area (Å²) in [5.74, 6) is -0.662. The van der Waals surface area contributed by atoms with E-state index in [1.165, 1.54) is 7.11 Å². The summed E-state index contributed by atoms with van der Waals surface area (Å²) < 4.78 is 4.81. The van der Waals surface area contributed by atoms with Crippen molar-refractivity contribution in [2.24, 2.45) is 0 Å². The van der Waals surface area contributed by atoms with Crippen molar-refractivity contribution in [1.29, 1.82) is 0 Å². The highest BCUT2D eigenvalue weighted by atomic mass is 16.5. The maximum absolute atomic E-state index is 12.4. The number of hydrogen-bond acceptors (Lipinski definition) is 6. The van der Waals surface area contributed by atoms with Crippen LogP contribution in [0.3, 0.4) is 0 Å². The molecule has 1 amide bonds. The van der Waals surface area contributed by atoms with E-state index in [-0.39, 0.29) is 12.3 Å². The van der Waals surface area contributed by atoms with E-state index < -0.39 is 5.97 Å². The average Bonchev–Trinajstić information content (AvgIpc) is 3.33. The predicted molar refractivity (Wildman–Crippen MR) is 139 cm³/mol. The number of fused-ring (bicyclic) bond motifs is 1. The second kappa shape index (κ2) is 10.8. The SMILES string of the molecule is COC(=O)c1ccc(/C(C=O)=C(/Nc2ccc3c(c2)CCN3C(=O)CC=O)c2ccccc2)c(C)c1. The van der Waals surface area contributed by atoms with Crippen LogP contribution in [0.1, 0.15) is 39.0 Å². The Morgan fingerprint density at radius 3 is 2.44 bits per heavy atom. The van der Waals surface area contributed by atoms with Gasteiger partial charge in [-0.1, -0.05) is 36.4 Å². The number of anilines is 2. The van der Waals surface area contributed by atoms with Crippen molar-refractivity contribution in [3.05, 3.63) is 94.5 Å². The standard InChI is InChI=1S/C29H26N2O5/c1-19-16-22(29(35)36-2)8-10-24(19)25(18-33)28(20-6-4-3-5-7-20)30-23-9-11-26-21(17-23)12-14-31(26)27(34)13-15-32/h3-11,15-18,30H,12-14H2,1-2H3/b28-25+. The molecular formula is C29H26N2O5. The van der Waals surface area contributed by atoms with Crippen LogP contribution in [0.4, 0.5) is 11.4 Å². The van der Waals surface area contributed by atoms with Gasteiger partial charge in [0.25, 0.3) is 0 Å². The highest BCUT2D eigenvalue weighted by Gasteiger charge is 2.25. The first kappa shape index (κ1) is 24.6. The maximum atomic E-state index is 12.4. The van der Waals surface area contributed by atoms with E-state index in [0.29, 0.717) is 41.6 Å². The topological polar surface area (TPSA) is 92.8 Å². The van der Waals surface area contributed by atoms with Crippen LogP contribution in [0.15, 0.2) is 66.7 Å². The first-order chi connectivity index (χ1) is 17.5. The number of benzene rings is 3. The molecule has 3 aromatic rings. The molecule has 182 valence electrons. The Balaban J connectivity index is 1.76. The Morgan fingerprint density at radius 2 is 1.78 bits per heavy atom. The third kappa shape index (κ3) is 4.95. The maximum Gasteiger partial charge on any atom is 0.337 e. The number of rotatable bonds is 8. The van der Waals surface area contributed by atoms with Gasteiger partial charge >= 0.3 is 5.97 Å². The predicted octanol–water partition coefficient (Wildman–Crippen LogP) is 4.44. The van der Waals surface area contributed by atoms with E-state index in [2.05, 4.69) is 5.32 Å². The van der Waals surface area contributed by atoms with Crippen LogP contribution in [0.5, 0.6) is 0 Å². The number of nitrogens with one attached hydrogen (secondary N) is 1. The van der Waals surface area contributed by atoms with Gasteiger partial charge in [-0.15, -0.1) is 0 Å². The summed E-state index contributed by atoms with van der Waals surface area (Å²) in [6.07, 6.45) is 1.96. The molecule has 36 heavy (non-hydrogen) atoms. The van der Waals surface area contributed by atoms with Crippen molar-refractivity contribution in [2.45, 2.75) is 19.8 Å². The van der Waals surface area contributed by atoms with Crippen molar-refractivity contribution in [3.63, 3.8) is 0 Å². The molecular weight excluding hydrogens is 456 g/mol. The van der Waals surface area contributed by atoms with Gasteiger partial charge in [-0.05, 0) is 65.9 Å². The first-order valence-electron chi connectivity index (χ1n) is 11.5. The van der Waals surface area contributed by atoms with Crippen LogP contribution in [0, 0.1) is 6.92 Å². The molecule has 1 aliphatic heterocycles. The van der Waals surface area contributed by atoms with Gasteiger partial charge in [0.05, 0.1) is 24.8 Å². The van der Waals surface area contributed by atoms with Crippen LogP contribution in [0.2, 0.25) is 0 Å². The van der Waals surface area contributed by atoms with E-state index in [1.807, 2.05) is 55.5 Å². The fraction of sp³-hybridized carbons (Fsp3) is 0.172. The minimum atomic E-state index is -0.443. The molecule has 1 aliphatic rings. The zero-order chi connectivity index (χ0) is 25.7. The van der Waals surface area contributed by atoms with E-state index in [1.54, 1.807) is 23.1 Å². The summed E-state index contributed by atoms with van der Waals surface area (Å²) in [5.41, 5.74) is 6.28. The molecule has 0 aliphatic carbocycles.